The van der Waals surface area contributed by atoms with Gasteiger partial charge in [0.1, 0.15) is 17.4 Å². The van der Waals surface area contributed by atoms with Gasteiger partial charge in [-0.25, -0.2) is 0 Å². The maximum atomic E-state index is 12.6. The Morgan fingerprint density at radius 2 is 1.59 bits per heavy atom. The molecule has 0 atom stereocenters. The third-order valence-corrected chi connectivity index (χ3v) is 5.35. The molecule has 2 N–H and O–H groups in total. The van der Waals surface area contributed by atoms with Crippen LogP contribution in [0.2, 0.25) is 0 Å². The highest BCUT2D eigenvalue weighted by Crippen LogP contribution is 2.18. The molecule has 0 aliphatic heterocycles. The van der Waals surface area contributed by atoms with Crippen LogP contribution in [-0.2, 0) is 4.79 Å². The smallest absolute Gasteiger partial charge is 0.263 e. The molecule has 0 unspecified atom stereocenters. The quantitative estimate of drug-likeness (QED) is 0.477. The third-order valence-electron chi connectivity index (χ3n) is 5.35. The lowest BCUT2D eigenvalue weighted by molar-refractivity contribution is -0.117. The zero-order valence-corrected chi connectivity index (χ0v) is 17.7. The van der Waals surface area contributed by atoms with Crippen LogP contribution in [0.1, 0.15) is 77.6 Å². The van der Waals surface area contributed by atoms with E-state index in [1.165, 1.54) is 51.1 Å². The summed E-state index contributed by atoms with van der Waals surface area (Å²) in [7, 11) is 0. The van der Waals surface area contributed by atoms with E-state index in [2.05, 4.69) is 10.6 Å². The highest BCUT2D eigenvalue weighted by molar-refractivity contribution is 5.97. The summed E-state index contributed by atoms with van der Waals surface area (Å²) in [6.45, 7) is 2.56. The number of amides is 1. The summed E-state index contributed by atoms with van der Waals surface area (Å²) in [6.07, 6.45) is 14.8. The van der Waals surface area contributed by atoms with Crippen LogP contribution in [0.5, 0.6) is 5.75 Å². The van der Waals surface area contributed by atoms with Crippen LogP contribution in [0.3, 0.4) is 0 Å². The van der Waals surface area contributed by atoms with Crippen LogP contribution in [0.25, 0.3) is 0 Å². The fourth-order valence-corrected chi connectivity index (χ4v) is 3.69. The summed E-state index contributed by atoms with van der Waals surface area (Å²) in [4.78, 5) is 12.6. The van der Waals surface area contributed by atoms with Gasteiger partial charge in [-0.2, -0.15) is 5.26 Å². The number of nitriles is 1. The fraction of sp³-hybridized carbons (Fsp3) is 0.583. The molecule has 0 spiro atoms. The molecule has 1 aromatic carbocycles. The van der Waals surface area contributed by atoms with E-state index in [0.717, 1.165) is 37.1 Å². The van der Waals surface area contributed by atoms with E-state index in [1.54, 1.807) is 0 Å². The summed E-state index contributed by atoms with van der Waals surface area (Å²) >= 11 is 0. The first-order valence-electron chi connectivity index (χ1n) is 11.1. The Hall–Kier alpha value is -2.48. The molecule has 1 aliphatic carbocycles. The molecular formula is C24H35N3O2. The van der Waals surface area contributed by atoms with Crippen molar-refractivity contribution in [3.05, 3.63) is 36.0 Å². The van der Waals surface area contributed by atoms with E-state index in [1.807, 2.05) is 37.3 Å². The molecule has 0 bridgehead atoms. The predicted octanol–water partition coefficient (Wildman–Crippen LogP) is 5.69. The van der Waals surface area contributed by atoms with Gasteiger partial charge in [0.25, 0.3) is 5.91 Å². The van der Waals surface area contributed by atoms with Crippen molar-refractivity contribution >= 4 is 11.6 Å². The van der Waals surface area contributed by atoms with Gasteiger partial charge in [-0.1, -0.05) is 57.8 Å². The van der Waals surface area contributed by atoms with Crippen molar-refractivity contribution in [2.75, 3.05) is 11.9 Å². The first-order valence-corrected chi connectivity index (χ1v) is 11.1. The minimum atomic E-state index is -0.289. The standard InChI is InChI=1S/C24H35N3O2/c1-2-29-23-16-14-21(15-17-23)26-19-20(18-25)24(28)27-22-12-10-8-6-4-3-5-7-9-11-13-22/h14-17,19,22,26H,2-13H2,1H3,(H,27,28)/b20-19-. The van der Waals surface area contributed by atoms with Crippen molar-refractivity contribution in [1.29, 1.82) is 5.26 Å². The van der Waals surface area contributed by atoms with Crippen LogP contribution < -0.4 is 15.4 Å². The summed E-state index contributed by atoms with van der Waals surface area (Å²) < 4.78 is 5.42. The van der Waals surface area contributed by atoms with Crippen molar-refractivity contribution in [3.63, 3.8) is 0 Å². The Bertz CT molecular complexity index is 664. The Morgan fingerprint density at radius 3 is 2.10 bits per heavy atom. The second-order valence-electron chi connectivity index (χ2n) is 7.70. The molecule has 1 fully saturated rings. The Kier molecular flexibility index (Phi) is 10.7. The van der Waals surface area contributed by atoms with Gasteiger partial charge in [0.2, 0.25) is 0 Å². The maximum Gasteiger partial charge on any atom is 0.263 e. The number of hydrogen-bond acceptors (Lipinski definition) is 4. The Balaban J connectivity index is 1.90. The molecule has 0 radical (unpaired) electrons. The predicted molar refractivity (Wildman–Crippen MR) is 118 cm³/mol. The highest BCUT2D eigenvalue weighted by atomic mass is 16.5. The van der Waals surface area contributed by atoms with Crippen molar-refractivity contribution in [3.8, 4) is 11.8 Å². The van der Waals surface area contributed by atoms with Crippen molar-refractivity contribution < 1.29 is 9.53 Å². The van der Waals surface area contributed by atoms with Gasteiger partial charge < -0.3 is 15.4 Å². The van der Waals surface area contributed by atoms with Crippen LogP contribution in [0.15, 0.2) is 36.0 Å². The van der Waals surface area contributed by atoms with Gasteiger partial charge in [-0.15, -0.1) is 0 Å². The number of anilines is 1. The lowest BCUT2D eigenvalue weighted by atomic mass is 9.98. The fourth-order valence-electron chi connectivity index (χ4n) is 3.69. The van der Waals surface area contributed by atoms with E-state index >= 15 is 0 Å². The molecule has 2 rings (SSSR count). The number of benzene rings is 1. The van der Waals surface area contributed by atoms with Crippen LogP contribution >= 0.6 is 0 Å². The second kappa shape index (κ2) is 13.7. The van der Waals surface area contributed by atoms with E-state index in [9.17, 15) is 10.1 Å². The number of nitrogens with one attached hydrogen (secondary N) is 2. The van der Waals surface area contributed by atoms with E-state index in [-0.39, 0.29) is 17.5 Å². The number of carbonyl (C=O) groups is 1. The molecule has 1 aliphatic rings. The highest BCUT2D eigenvalue weighted by Gasteiger charge is 2.16. The summed E-state index contributed by atoms with van der Waals surface area (Å²) in [5.41, 5.74) is 0.907. The third kappa shape index (κ3) is 9.04. The Labute approximate surface area is 175 Å². The minimum absolute atomic E-state index is 0.102. The number of ether oxygens (including phenoxy) is 1. The van der Waals surface area contributed by atoms with Crippen LogP contribution in [0.4, 0.5) is 5.69 Å². The lowest BCUT2D eigenvalue weighted by Crippen LogP contribution is -2.35. The van der Waals surface area contributed by atoms with Crippen molar-refractivity contribution in [1.82, 2.24) is 5.32 Å². The molecule has 1 aromatic rings. The summed E-state index contributed by atoms with van der Waals surface area (Å²) in [5, 5.41) is 15.6. The molecule has 0 aromatic heterocycles. The average Bonchev–Trinajstić information content (AvgIpc) is 2.72. The first-order chi connectivity index (χ1) is 14.2. The number of rotatable bonds is 6. The molecule has 5 nitrogen and oxygen atoms in total. The van der Waals surface area contributed by atoms with Gasteiger partial charge in [0.15, 0.2) is 0 Å². The monoisotopic (exact) mass is 397 g/mol. The summed E-state index contributed by atoms with van der Waals surface area (Å²) in [6, 6.07) is 9.62. The average molecular weight is 398 g/mol. The molecular weight excluding hydrogens is 362 g/mol. The van der Waals surface area contributed by atoms with E-state index in [4.69, 9.17) is 4.74 Å². The number of nitrogens with zero attached hydrogens (tertiary/aromatic N) is 1. The SMILES string of the molecule is CCOc1ccc(N/C=C(/C#N)C(=O)NC2CCCCCCCCCCC2)cc1. The van der Waals surface area contributed by atoms with Gasteiger partial charge in [-0.3, -0.25) is 4.79 Å². The van der Waals surface area contributed by atoms with Gasteiger partial charge in [-0.05, 0) is 44.0 Å². The summed E-state index contributed by atoms with van der Waals surface area (Å²) in [5.74, 6) is 0.505. The van der Waals surface area contributed by atoms with Crippen molar-refractivity contribution in [2.45, 2.75) is 83.6 Å². The maximum absolute atomic E-state index is 12.6. The second-order valence-corrected chi connectivity index (χ2v) is 7.70. The molecule has 1 amide bonds. The first kappa shape index (κ1) is 22.8. The number of carbonyl (C=O) groups excluding carboxylic acids is 1. The molecule has 0 saturated heterocycles. The minimum Gasteiger partial charge on any atom is -0.494 e. The molecule has 0 heterocycles. The molecule has 29 heavy (non-hydrogen) atoms. The zero-order chi connectivity index (χ0) is 20.7. The Morgan fingerprint density at radius 1 is 1.03 bits per heavy atom. The van der Waals surface area contributed by atoms with E-state index < -0.39 is 0 Å². The zero-order valence-electron chi connectivity index (χ0n) is 17.7. The largest absolute Gasteiger partial charge is 0.494 e. The lowest BCUT2D eigenvalue weighted by Gasteiger charge is -2.19. The molecule has 1 saturated carbocycles. The van der Waals surface area contributed by atoms with Gasteiger partial charge in [0, 0.05) is 17.9 Å². The molecule has 158 valence electrons. The normalized spacial score (nSPS) is 17.3. The van der Waals surface area contributed by atoms with Crippen molar-refractivity contribution in [2.24, 2.45) is 0 Å². The van der Waals surface area contributed by atoms with Crippen LogP contribution in [-0.4, -0.2) is 18.6 Å². The molecule has 5 heteroatoms. The van der Waals surface area contributed by atoms with E-state index in [0.29, 0.717) is 6.61 Å². The van der Waals surface area contributed by atoms with Gasteiger partial charge >= 0.3 is 0 Å². The number of hydrogen-bond donors (Lipinski definition) is 2. The van der Waals surface area contributed by atoms with Gasteiger partial charge in [0.05, 0.1) is 6.61 Å². The van der Waals surface area contributed by atoms with Crippen LogP contribution in [0, 0.1) is 11.3 Å². The topological polar surface area (TPSA) is 74.1 Å².